The van der Waals surface area contributed by atoms with Crippen molar-refractivity contribution in [2.24, 2.45) is 0 Å². The Morgan fingerprint density at radius 3 is 2.93 bits per heavy atom. The first kappa shape index (κ1) is 17.9. The van der Waals surface area contributed by atoms with Crippen LogP contribution in [0, 0.1) is 17.1 Å². The molecule has 1 aliphatic heterocycles. The molecule has 1 fully saturated rings. The number of piperazine rings is 1. The summed E-state index contributed by atoms with van der Waals surface area (Å²) in [5.74, 6) is 0.565. The van der Waals surface area contributed by atoms with Crippen molar-refractivity contribution >= 4 is 5.82 Å². The van der Waals surface area contributed by atoms with E-state index in [1.54, 1.807) is 12.3 Å². The quantitative estimate of drug-likeness (QED) is 0.837. The van der Waals surface area contributed by atoms with E-state index < -0.39 is 0 Å². The maximum Gasteiger partial charge on any atom is 0.146 e. The maximum atomic E-state index is 13.9. The van der Waals surface area contributed by atoms with E-state index in [9.17, 15) is 9.65 Å². The minimum atomic E-state index is -0.254. The first-order chi connectivity index (χ1) is 13.2. The van der Waals surface area contributed by atoms with Gasteiger partial charge in [-0.05, 0) is 50.3 Å². The minimum absolute atomic E-state index is 0.246. The lowest BCUT2D eigenvalue weighted by molar-refractivity contribution is 0.178. The third kappa shape index (κ3) is 3.65. The molecule has 1 atom stereocenters. The van der Waals surface area contributed by atoms with Gasteiger partial charge in [-0.3, -0.25) is 9.88 Å². The number of hydrogen-bond donors (Lipinski definition) is 0. The smallest absolute Gasteiger partial charge is 0.146 e. The second-order valence-electron chi connectivity index (χ2n) is 7.52. The molecule has 0 spiro atoms. The molecule has 0 radical (unpaired) electrons. The summed E-state index contributed by atoms with van der Waals surface area (Å²) in [6.07, 6.45) is 7.29. The zero-order valence-corrected chi connectivity index (χ0v) is 15.7. The zero-order chi connectivity index (χ0) is 18.8. The van der Waals surface area contributed by atoms with Gasteiger partial charge >= 0.3 is 0 Å². The van der Waals surface area contributed by atoms with Gasteiger partial charge in [0.25, 0.3) is 0 Å². The van der Waals surface area contributed by atoms with Gasteiger partial charge in [-0.25, -0.2) is 9.37 Å². The molecule has 5 nitrogen and oxygen atoms in total. The fourth-order valence-corrected chi connectivity index (χ4v) is 4.12. The van der Waals surface area contributed by atoms with Crippen molar-refractivity contribution in [3.8, 4) is 6.07 Å². The van der Waals surface area contributed by atoms with E-state index in [1.807, 2.05) is 6.07 Å². The average molecular weight is 365 g/mol. The standard InChI is InChI=1S/C21H24FN5/c1-15-13-27(9-8-26(15)14-17-6-7-24-12-19(17)22)21-18(11-23)10-16-4-2-3-5-20(16)25-21/h6-7,10,12,15H,2-5,8-9,13-14H2,1H3. The van der Waals surface area contributed by atoms with E-state index in [0.29, 0.717) is 17.7 Å². The monoisotopic (exact) mass is 365 g/mol. The molecule has 0 saturated carbocycles. The lowest BCUT2D eigenvalue weighted by atomic mass is 9.94. The van der Waals surface area contributed by atoms with Gasteiger partial charge in [-0.15, -0.1) is 0 Å². The van der Waals surface area contributed by atoms with Gasteiger partial charge in [0.05, 0.1) is 11.8 Å². The highest BCUT2D eigenvalue weighted by atomic mass is 19.1. The third-order valence-corrected chi connectivity index (χ3v) is 5.70. The Kier molecular flexibility index (Phi) is 5.04. The largest absolute Gasteiger partial charge is 0.353 e. The predicted octanol–water partition coefficient (Wildman–Crippen LogP) is 3.08. The van der Waals surface area contributed by atoms with Gasteiger partial charge in [0.1, 0.15) is 17.7 Å². The lowest BCUT2D eigenvalue weighted by Crippen LogP contribution is -2.52. The van der Waals surface area contributed by atoms with Gasteiger partial charge in [0, 0.05) is 49.7 Å². The first-order valence-corrected chi connectivity index (χ1v) is 9.66. The normalized spacial score (nSPS) is 20.2. The van der Waals surface area contributed by atoms with E-state index >= 15 is 0 Å². The molecule has 0 amide bonds. The number of aromatic nitrogens is 2. The van der Waals surface area contributed by atoms with Crippen LogP contribution >= 0.6 is 0 Å². The number of anilines is 1. The number of hydrogen-bond acceptors (Lipinski definition) is 5. The summed E-state index contributed by atoms with van der Waals surface area (Å²) < 4.78 is 13.9. The Labute approximate surface area is 159 Å². The van der Waals surface area contributed by atoms with Crippen molar-refractivity contribution in [2.75, 3.05) is 24.5 Å². The molecule has 1 unspecified atom stereocenters. The molecule has 27 heavy (non-hydrogen) atoms. The molecule has 4 rings (SSSR count). The van der Waals surface area contributed by atoms with Crippen molar-refractivity contribution in [1.29, 1.82) is 5.26 Å². The molecule has 6 heteroatoms. The number of rotatable bonds is 3. The number of halogens is 1. The van der Waals surface area contributed by atoms with Gasteiger partial charge in [0.2, 0.25) is 0 Å². The Balaban J connectivity index is 1.51. The summed E-state index contributed by atoms with van der Waals surface area (Å²) in [6, 6.07) is 6.37. The maximum absolute atomic E-state index is 13.9. The minimum Gasteiger partial charge on any atom is -0.353 e. The molecule has 0 aromatic carbocycles. The number of nitrogens with zero attached hydrogens (tertiary/aromatic N) is 5. The lowest BCUT2D eigenvalue weighted by Gasteiger charge is -2.41. The second-order valence-corrected chi connectivity index (χ2v) is 7.52. The van der Waals surface area contributed by atoms with Crippen LogP contribution in [-0.2, 0) is 19.4 Å². The topological polar surface area (TPSA) is 56.1 Å². The summed E-state index contributed by atoms with van der Waals surface area (Å²) in [4.78, 5) is 13.2. The van der Waals surface area contributed by atoms with E-state index in [4.69, 9.17) is 4.98 Å². The number of aryl methyl sites for hydroxylation is 2. The van der Waals surface area contributed by atoms with Crippen molar-refractivity contribution in [3.05, 3.63) is 52.7 Å². The molecule has 0 N–H and O–H groups in total. The van der Waals surface area contributed by atoms with Crippen molar-refractivity contribution in [3.63, 3.8) is 0 Å². The molecular formula is C21H24FN5. The molecule has 2 aromatic rings. The molecule has 1 aliphatic carbocycles. The molecule has 2 aliphatic rings. The van der Waals surface area contributed by atoms with Crippen LogP contribution < -0.4 is 4.90 Å². The van der Waals surface area contributed by atoms with Crippen LogP contribution in [0.2, 0.25) is 0 Å². The Morgan fingerprint density at radius 1 is 1.30 bits per heavy atom. The molecule has 3 heterocycles. The fourth-order valence-electron chi connectivity index (χ4n) is 4.12. The zero-order valence-electron chi connectivity index (χ0n) is 15.7. The third-order valence-electron chi connectivity index (χ3n) is 5.70. The van der Waals surface area contributed by atoms with Crippen LogP contribution in [0.5, 0.6) is 0 Å². The first-order valence-electron chi connectivity index (χ1n) is 9.66. The van der Waals surface area contributed by atoms with Crippen molar-refractivity contribution in [1.82, 2.24) is 14.9 Å². The predicted molar refractivity (Wildman–Crippen MR) is 102 cm³/mol. The number of fused-ring (bicyclic) bond motifs is 1. The fraction of sp³-hybridized carbons (Fsp3) is 0.476. The second kappa shape index (κ2) is 7.61. The van der Waals surface area contributed by atoms with E-state index in [0.717, 1.165) is 44.0 Å². The summed E-state index contributed by atoms with van der Waals surface area (Å²) >= 11 is 0. The summed E-state index contributed by atoms with van der Waals surface area (Å²) in [5.41, 5.74) is 3.75. The van der Waals surface area contributed by atoms with E-state index in [1.165, 1.54) is 24.6 Å². The van der Waals surface area contributed by atoms with Crippen LogP contribution in [0.15, 0.2) is 24.5 Å². The highest BCUT2D eigenvalue weighted by molar-refractivity contribution is 5.57. The summed E-state index contributed by atoms with van der Waals surface area (Å²) in [6.45, 7) is 5.11. The highest BCUT2D eigenvalue weighted by Crippen LogP contribution is 2.28. The Bertz CT molecular complexity index is 875. The average Bonchev–Trinajstić information content (AvgIpc) is 2.70. The van der Waals surface area contributed by atoms with Gasteiger partial charge in [-0.2, -0.15) is 5.26 Å². The number of nitriles is 1. The molecule has 2 aromatic heterocycles. The highest BCUT2D eigenvalue weighted by Gasteiger charge is 2.27. The van der Waals surface area contributed by atoms with Crippen LogP contribution in [-0.4, -0.2) is 40.5 Å². The SMILES string of the molecule is CC1CN(c2nc3c(cc2C#N)CCCC3)CCN1Cc1ccncc1F. The molecule has 140 valence electrons. The molecule has 0 bridgehead atoms. The molecular weight excluding hydrogens is 341 g/mol. The van der Waals surface area contributed by atoms with E-state index in [2.05, 4.69) is 27.8 Å². The van der Waals surface area contributed by atoms with Gasteiger partial charge in [0.15, 0.2) is 0 Å². The number of pyridine rings is 2. The van der Waals surface area contributed by atoms with Gasteiger partial charge < -0.3 is 4.90 Å². The van der Waals surface area contributed by atoms with Crippen LogP contribution in [0.25, 0.3) is 0 Å². The Morgan fingerprint density at radius 2 is 2.15 bits per heavy atom. The van der Waals surface area contributed by atoms with Crippen LogP contribution in [0.4, 0.5) is 10.2 Å². The van der Waals surface area contributed by atoms with Gasteiger partial charge in [-0.1, -0.05) is 0 Å². The molecule has 1 saturated heterocycles. The van der Waals surface area contributed by atoms with E-state index in [-0.39, 0.29) is 11.9 Å². The van der Waals surface area contributed by atoms with Crippen molar-refractivity contribution in [2.45, 2.75) is 45.2 Å². The summed E-state index contributed by atoms with van der Waals surface area (Å²) in [7, 11) is 0. The van der Waals surface area contributed by atoms with Crippen LogP contribution in [0.3, 0.4) is 0 Å². The Hall–Kier alpha value is -2.52. The van der Waals surface area contributed by atoms with Crippen molar-refractivity contribution < 1.29 is 4.39 Å². The van der Waals surface area contributed by atoms with Crippen LogP contribution in [0.1, 0.15) is 42.1 Å². The summed E-state index contributed by atoms with van der Waals surface area (Å²) in [5, 5.41) is 9.62.